The molecule has 0 aliphatic heterocycles. The number of ether oxygens (including phenoxy) is 1. The first-order valence-corrected chi connectivity index (χ1v) is 7.32. The van der Waals surface area contributed by atoms with Crippen LogP contribution in [0, 0.1) is 5.92 Å². The highest BCUT2D eigenvalue weighted by Gasteiger charge is 2.32. The molecule has 3 nitrogen and oxygen atoms in total. The normalized spacial score (nSPS) is 22.9. The number of pyridine rings is 1. The Morgan fingerprint density at radius 2 is 2.11 bits per heavy atom. The Balaban J connectivity index is 1.96. The summed E-state index contributed by atoms with van der Waals surface area (Å²) >= 11 is 0. The van der Waals surface area contributed by atoms with Crippen molar-refractivity contribution in [2.75, 3.05) is 13.2 Å². The zero-order valence-electron chi connectivity index (χ0n) is 12.6. The molecule has 0 saturated heterocycles. The molecule has 1 aromatic rings. The number of nitrogens with zero attached hydrogens (tertiary/aromatic N) is 1. The second kappa shape index (κ2) is 5.91. The van der Waals surface area contributed by atoms with Crippen molar-refractivity contribution in [3.8, 4) is 5.75 Å². The Hall–Kier alpha value is -1.09. The van der Waals surface area contributed by atoms with Crippen molar-refractivity contribution in [3.05, 3.63) is 24.0 Å². The van der Waals surface area contributed by atoms with E-state index in [1.54, 1.807) is 6.20 Å². The van der Waals surface area contributed by atoms with Gasteiger partial charge in [0.2, 0.25) is 0 Å². The average molecular weight is 262 g/mol. The van der Waals surface area contributed by atoms with Crippen molar-refractivity contribution in [1.29, 1.82) is 0 Å². The highest BCUT2D eigenvalue weighted by molar-refractivity contribution is 5.28. The first-order chi connectivity index (χ1) is 8.99. The fourth-order valence-corrected chi connectivity index (χ4v) is 2.57. The van der Waals surface area contributed by atoms with Crippen molar-refractivity contribution in [2.24, 2.45) is 5.92 Å². The van der Waals surface area contributed by atoms with Gasteiger partial charge in [0.1, 0.15) is 5.75 Å². The molecule has 0 radical (unpaired) electrons. The lowest BCUT2D eigenvalue weighted by atomic mass is 9.70. The first kappa shape index (κ1) is 14.3. The van der Waals surface area contributed by atoms with Gasteiger partial charge in [-0.1, -0.05) is 0 Å². The Morgan fingerprint density at radius 3 is 2.68 bits per heavy atom. The van der Waals surface area contributed by atoms with Crippen molar-refractivity contribution in [1.82, 2.24) is 10.3 Å². The first-order valence-electron chi connectivity index (χ1n) is 7.32. The summed E-state index contributed by atoms with van der Waals surface area (Å²) in [5, 5.41) is 3.61. The van der Waals surface area contributed by atoms with Crippen LogP contribution >= 0.6 is 0 Å². The summed E-state index contributed by atoms with van der Waals surface area (Å²) in [6.07, 6.45) is 6.38. The van der Waals surface area contributed by atoms with Gasteiger partial charge in [0, 0.05) is 11.7 Å². The minimum Gasteiger partial charge on any atom is -0.492 e. The summed E-state index contributed by atoms with van der Waals surface area (Å²) in [5.41, 5.74) is 1.53. The predicted molar refractivity (Wildman–Crippen MR) is 78.6 cm³/mol. The van der Waals surface area contributed by atoms with E-state index in [2.05, 4.69) is 37.1 Å². The summed E-state index contributed by atoms with van der Waals surface area (Å²) in [7, 11) is 0. The van der Waals surface area contributed by atoms with E-state index in [-0.39, 0.29) is 5.54 Å². The minimum absolute atomic E-state index is 0.200. The van der Waals surface area contributed by atoms with E-state index >= 15 is 0 Å². The van der Waals surface area contributed by atoms with E-state index < -0.39 is 0 Å². The summed E-state index contributed by atoms with van der Waals surface area (Å²) in [5.74, 6) is 2.27. The molecule has 106 valence electrons. The fraction of sp³-hybridized carbons (Fsp3) is 0.688. The SMILES string of the molecule is CCOc1cncc(C2CCC2CNC(C)(C)C)c1. The third kappa shape index (κ3) is 3.93. The molecule has 1 aliphatic carbocycles. The molecule has 1 aromatic heterocycles. The van der Waals surface area contributed by atoms with Gasteiger partial charge in [0.15, 0.2) is 0 Å². The lowest BCUT2D eigenvalue weighted by Gasteiger charge is -2.39. The highest BCUT2D eigenvalue weighted by Crippen LogP contribution is 2.42. The van der Waals surface area contributed by atoms with E-state index in [0.29, 0.717) is 12.5 Å². The van der Waals surface area contributed by atoms with E-state index in [4.69, 9.17) is 4.74 Å². The highest BCUT2D eigenvalue weighted by atomic mass is 16.5. The van der Waals surface area contributed by atoms with Crippen LogP contribution in [0.5, 0.6) is 5.75 Å². The van der Waals surface area contributed by atoms with E-state index in [1.165, 1.54) is 18.4 Å². The van der Waals surface area contributed by atoms with Gasteiger partial charge < -0.3 is 10.1 Å². The van der Waals surface area contributed by atoms with Gasteiger partial charge in [0.25, 0.3) is 0 Å². The Labute approximate surface area is 116 Å². The van der Waals surface area contributed by atoms with Gasteiger partial charge >= 0.3 is 0 Å². The largest absolute Gasteiger partial charge is 0.492 e. The maximum atomic E-state index is 5.54. The van der Waals surface area contributed by atoms with Crippen LogP contribution in [0.4, 0.5) is 0 Å². The van der Waals surface area contributed by atoms with Crippen molar-refractivity contribution < 1.29 is 4.74 Å². The van der Waals surface area contributed by atoms with Gasteiger partial charge in [-0.05, 0) is 70.5 Å². The number of rotatable bonds is 5. The summed E-state index contributed by atoms with van der Waals surface area (Å²) in [6.45, 7) is 10.5. The summed E-state index contributed by atoms with van der Waals surface area (Å²) in [4.78, 5) is 4.30. The molecular weight excluding hydrogens is 236 g/mol. The second-order valence-electron chi connectivity index (χ2n) is 6.46. The Kier molecular flexibility index (Phi) is 4.46. The smallest absolute Gasteiger partial charge is 0.137 e. The van der Waals surface area contributed by atoms with E-state index in [1.807, 2.05) is 13.1 Å². The third-order valence-corrected chi connectivity index (χ3v) is 3.79. The molecule has 0 aromatic carbocycles. The molecule has 1 saturated carbocycles. The lowest BCUT2D eigenvalue weighted by Crippen LogP contribution is -2.42. The van der Waals surface area contributed by atoms with Gasteiger partial charge in [-0.2, -0.15) is 0 Å². The number of aromatic nitrogens is 1. The molecule has 2 unspecified atom stereocenters. The topological polar surface area (TPSA) is 34.1 Å². The Morgan fingerprint density at radius 1 is 1.32 bits per heavy atom. The molecule has 2 atom stereocenters. The predicted octanol–water partition coefficient (Wildman–Crippen LogP) is 3.36. The number of hydrogen-bond donors (Lipinski definition) is 1. The molecule has 1 N–H and O–H groups in total. The molecule has 2 rings (SSSR count). The molecule has 1 fully saturated rings. The lowest BCUT2D eigenvalue weighted by molar-refractivity contribution is 0.224. The standard InChI is InChI=1S/C16H26N2O/c1-5-19-14-8-13(9-17-11-14)15-7-6-12(15)10-18-16(2,3)4/h8-9,11-12,15,18H,5-7,10H2,1-4H3. The number of hydrogen-bond acceptors (Lipinski definition) is 3. The van der Waals surface area contributed by atoms with E-state index in [0.717, 1.165) is 18.2 Å². The van der Waals surface area contributed by atoms with Crippen LogP contribution in [-0.4, -0.2) is 23.7 Å². The monoisotopic (exact) mass is 262 g/mol. The molecule has 1 aliphatic rings. The Bertz CT molecular complexity index is 411. The van der Waals surface area contributed by atoms with Crippen LogP contribution in [0.25, 0.3) is 0 Å². The summed E-state index contributed by atoms with van der Waals surface area (Å²) < 4.78 is 5.54. The van der Waals surface area contributed by atoms with Gasteiger partial charge in [0.05, 0.1) is 12.8 Å². The van der Waals surface area contributed by atoms with Gasteiger partial charge in [-0.3, -0.25) is 4.98 Å². The summed E-state index contributed by atoms with van der Waals surface area (Å²) in [6, 6.07) is 2.16. The molecule has 0 amide bonds. The fourth-order valence-electron chi connectivity index (χ4n) is 2.57. The zero-order chi connectivity index (χ0) is 13.9. The quantitative estimate of drug-likeness (QED) is 0.883. The van der Waals surface area contributed by atoms with E-state index in [9.17, 15) is 0 Å². The van der Waals surface area contributed by atoms with Crippen molar-refractivity contribution in [3.63, 3.8) is 0 Å². The maximum Gasteiger partial charge on any atom is 0.137 e. The third-order valence-electron chi connectivity index (χ3n) is 3.79. The van der Waals surface area contributed by atoms with Crippen LogP contribution in [0.15, 0.2) is 18.5 Å². The maximum absolute atomic E-state index is 5.54. The van der Waals surface area contributed by atoms with Crippen molar-refractivity contribution >= 4 is 0 Å². The van der Waals surface area contributed by atoms with Gasteiger partial charge in [-0.15, -0.1) is 0 Å². The van der Waals surface area contributed by atoms with Crippen LogP contribution in [-0.2, 0) is 0 Å². The zero-order valence-corrected chi connectivity index (χ0v) is 12.6. The second-order valence-corrected chi connectivity index (χ2v) is 6.46. The van der Waals surface area contributed by atoms with Crippen LogP contribution in [0.1, 0.15) is 52.0 Å². The van der Waals surface area contributed by atoms with Crippen LogP contribution in [0.3, 0.4) is 0 Å². The van der Waals surface area contributed by atoms with Crippen molar-refractivity contribution in [2.45, 2.75) is 52.0 Å². The molecule has 3 heteroatoms. The van der Waals surface area contributed by atoms with Gasteiger partial charge in [-0.25, -0.2) is 0 Å². The van der Waals surface area contributed by atoms with Crippen LogP contribution < -0.4 is 10.1 Å². The molecular formula is C16H26N2O. The molecule has 0 bridgehead atoms. The number of nitrogens with one attached hydrogen (secondary N) is 1. The molecule has 1 heterocycles. The molecule has 0 spiro atoms. The molecule has 19 heavy (non-hydrogen) atoms. The van der Waals surface area contributed by atoms with Crippen LogP contribution in [0.2, 0.25) is 0 Å². The average Bonchev–Trinajstić information content (AvgIpc) is 2.27. The minimum atomic E-state index is 0.200.